The molecule has 1 aromatic heterocycles. The highest BCUT2D eigenvalue weighted by atomic mass is 35.5. The van der Waals surface area contributed by atoms with Crippen LogP contribution in [0.2, 0.25) is 10.0 Å². The van der Waals surface area contributed by atoms with Crippen molar-refractivity contribution in [2.45, 2.75) is 6.61 Å². The van der Waals surface area contributed by atoms with Crippen molar-refractivity contribution in [2.24, 2.45) is 0 Å². The fourth-order valence-electron chi connectivity index (χ4n) is 1.47. The summed E-state index contributed by atoms with van der Waals surface area (Å²) >= 11 is 11.8. The summed E-state index contributed by atoms with van der Waals surface area (Å²) in [6, 6.07) is 6.46. The van der Waals surface area contributed by atoms with Gasteiger partial charge in [-0.15, -0.1) is 0 Å². The van der Waals surface area contributed by atoms with E-state index in [0.29, 0.717) is 5.69 Å². The Morgan fingerprint density at radius 1 is 1.37 bits per heavy atom. The highest BCUT2D eigenvalue weighted by Crippen LogP contribution is 2.29. The van der Waals surface area contributed by atoms with Crippen LogP contribution in [0.5, 0.6) is 0 Å². The summed E-state index contributed by atoms with van der Waals surface area (Å²) in [6.45, 7) is 0.107. The number of aromatic nitrogens is 1. The number of benzene rings is 1. The maximum absolute atomic E-state index is 11.9. The number of nitrogens with two attached hydrogens (primary N) is 1. The van der Waals surface area contributed by atoms with Gasteiger partial charge in [-0.05, 0) is 18.2 Å². The Morgan fingerprint density at radius 2 is 2.16 bits per heavy atom. The van der Waals surface area contributed by atoms with Crippen LogP contribution in [-0.2, 0) is 11.3 Å². The van der Waals surface area contributed by atoms with Crippen LogP contribution in [0.15, 0.2) is 36.7 Å². The fraction of sp³-hybridized carbons (Fsp3) is 0.0769. The molecule has 0 aliphatic carbocycles. The molecule has 0 amide bonds. The first-order chi connectivity index (χ1) is 9.08. The Balaban J connectivity index is 2.13. The number of carbonyl (C=O) groups excluding carboxylic acids is 1. The van der Waals surface area contributed by atoms with Gasteiger partial charge in [0, 0.05) is 23.6 Å². The lowest BCUT2D eigenvalue weighted by molar-refractivity contribution is 0.0472. The number of hydrogen-bond donors (Lipinski definition) is 1. The largest absolute Gasteiger partial charge is 0.457 e. The topological polar surface area (TPSA) is 65.2 Å². The molecule has 2 N–H and O–H groups in total. The number of carbonyl (C=O) groups is 1. The number of nitrogens with zero attached hydrogens (tertiary/aromatic N) is 1. The number of anilines is 1. The third-order valence-corrected chi connectivity index (χ3v) is 3.17. The molecule has 0 saturated heterocycles. The minimum Gasteiger partial charge on any atom is -0.457 e. The molecule has 0 aliphatic rings. The lowest BCUT2D eigenvalue weighted by Gasteiger charge is -2.08. The molecular weight excluding hydrogens is 287 g/mol. The molecule has 1 aromatic carbocycles. The van der Waals surface area contributed by atoms with E-state index in [4.69, 9.17) is 33.7 Å². The predicted octanol–water partition coefficient (Wildman–Crippen LogP) is 3.33. The Labute approximate surface area is 120 Å². The Kier molecular flexibility index (Phi) is 4.24. The summed E-state index contributed by atoms with van der Waals surface area (Å²) in [4.78, 5) is 15.8. The van der Waals surface area contributed by atoms with E-state index in [1.54, 1.807) is 24.5 Å². The third-order valence-electron chi connectivity index (χ3n) is 2.36. The minimum atomic E-state index is -0.581. The summed E-state index contributed by atoms with van der Waals surface area (Å²) in [5.41, 5.74) is 6.89. The van der Waals surface area contributed by atoms with Crippen LogP contribution in [0.4, 0.5) is 5.69 Å². The average molecular weight is 297 g/mol. The van der Waals surface area contributed by atoms with Gasteiger partial charge in [-0.2, -0.15) is 0 Å². The number of halogens is 2. The van der Waals surface area contributed by atoms with Gasteiger partial charge < -0.3 is 10.5 Å². The summed E-state index contributed by atoms with van der Waals surface area (Å²) in [6.07, 6.45) is 3.25. The molecule has 1 heterocycles. The second-order valence-electron chi connectivity index (χ2n) is 3.80. The summed E-state index contributed by atoms with van der Waals surface area (Å²) < 4.78 is 5.13. The predicted molar refractivity (Wildman–Crippen MR) is 74.2 cm³/mol. The third kappa shape index (κ3) is 3.36. The van der Waals surface area contributed by atoms with E-state index in [0.717, 1.165) is 5.56 Å². The van der Waals surface area contributed by atoms with Crippen LogP contribution in [0, 0.1) is 0 Å². The first-order valence-corrected chi connectivity index (χ1v) is 6.14. The fourth-order valence-corrected chi connectivity index (χ4v) is 1.88. The standard InChI is InChI=1S/C13H10Cl2N2O2/c14-11-5-9(16)4-10(12(11)15)13(18)19-7-8-2-1-3-17-6-8/h1-6H,7,16H2. The number of rotatable bonds is 3. The lowest BCUT2D eigenvalue weighted by Crippen LogP contribution is -2.07. The molecule has 19 heavy (non-hydrogen) atoms. The highest BCUT2D eigenvalue weighted by molar-refractivity contribution is 6.44. The Morgan fingerprint density at radius 3 is 2.84 bits per heavy atom. The van der Waals surface area contributed by atoms with Crippen molar-refractivity contribution in [1.82, 2.24) is 4.98 Å². The number of hydrogen-bond acceptors (Lipinski definition) is 4. The van der Waals surface area contributed by atoms with Gasteiger partial charge in [-0.3, -0.25) is 4.98 Å². The number of ether oxygens (including phenoxy) is 1. The van der Waals surface area contributed by atoms with Gasteiger partial charge in [0.2, 0.25) is 0 Å². The number of nitrogen functional groups attached to an aromatic ring is 1. The second kappa shape index (κ2) is 5.91. The molecule has 2 rings (SSSR count). The molecule has 0 aliphatic heterocycles. The van der Waals surface area contributed by atoms with Gasteiger partial charge in [0.1, 0.15) is 6.61 Å². The van der Waals surface area contributed by atoms with Crippen molar-refractivity contribution in [3.63, 3.8) is 0 Å². The molecule has 4 nitrogen and oxygen atoms in total. The first-order valence-electron chi connectivity index (χ1n) is 5.38. The van der Waals surface area contributed by atoms with Gasteiger partial charge >= 0.3 is 5.97 Å². The Hall–Kier alpha value is -1.78. The molecule has 0 spiro atoms. The normalized spacial score (nSPS) is 10.2. The quantitative estimate of drug-likeness (QED) is 0.697. The number of esters is 1. The van der Waals surface area contributed by atoms with Crippen molar-refractivity contribution in [3.8, 4) is 0 Å². The molecule has 0 fully saturated rings. The smallest absolute Gasteiger partial charge is 0.340 e. The monoisotopic (exact) mass is 296 g/mol. The molecule has 0 saturated carbocycles. The van der Waals surface area contributed by atoms with E-state index >= 15 is 0 Å². The average Bonchev–Trinajstić information content (AvgIpc) is 2.41. The maximum atomic E-state index is 11.9. The zero-order valence-electron chi connectivity index (χ0n) is 9.77. The van der Waals surface area contributed by atoms with Crippen molar-refractivity contribution in [2.75, 3.05) is 5.73 Å². The molecule has 6 heteroatoms. The molecule has 98 valence electrons. The van der Waals surface area contributed by atoms with Crippen molar-refractivity contribution < 1.29 is 9.53 Å². The van der Waals surface area contributed by atoms with Gasteiger partial charge in [0.15, 0.2) is 0 Å². The first kappa shape index (κ1) is 13.6. The van der Waals surface area contributed by atoms with E-state index in [-0.39, 0.29) is 22.2 Å². The van der Waals surface area contributed by atoms with Gasteiger partial charge in [0.05, 0.1) is 15.6 Å². The van der Waals surface area contributed by atoms with Crippen LogP contribution in [-0.4, -0.2) is 11.0 Å². The lowest BCUT2D eigenvalue weighted by atomic mass is 10.2. The number of pyridine rings is 1. The van der Waals surface area contributed by atoms with Crippen LogP contribution in [0.25, 0.3) is 0 Å². The summed E-state index contributed by atoms with van der Waals surface area (Å²) in [5, 5.41) is 0.349. The van der Waals surface area contributed by atoms with Crippen molar-refractivity contribution >= 4 is 34.9 Å². The van der Waals surface area contributed by atoms with E-state index in [1.165, 1.54) is 12.1 Å². The molecule has 0 bridgehead atoms. The summed E-state index contributed by atoms with van der Waals surface area (Å²) in [5.74, 6) is -0.581. The van der Waals surface area contributed by atoms with Crippen LogP contribution < -0.4 is 5.73 Å². The SMILES string of the molecule is Nc1cc(Cl)c(Cl)c(C(=O)OCc2cccnc2)c1. The zero-order valence-corrected chi connectivity index (χ0v) is 11.3. The van der Waals surface area contributed by atoms with Gasteiger partial charge in [-0.1, -0.05) is 29.3 Å². The maximum Gasteiger partial charge on any atom is 0.340 e. The van der Waals surface area contributed by atoms with Crippen LogP contribution in [0.3, 0.4) is 0 Å². The summed E-state index contributed by atoms with van der Waals surface area (Å²) in [7, 11) is 0. The van der Waals surface area contributed by atoms with Gasteiger partial charge in [-0.25, -0.2) is 4.79 Å². The van der Waals surface area contributed by atoms with Gasteiger partial charge in [0.25, 0.3) is 0 Å². The molecular formula is C13H10Cl2N2O2. The highest BCUT2D eigenvalue weighted by Gasteiger charge is 2.15. The molecule has 0 atom stereocenters. The van der Waals surface area contributed by atoms with Crippen molar-refractivity contribution in [1.29, 1.82) is 0 Å². The van der Waals surface area contributed by atoms with Crippen molar-refractivity contribution in [3.05, 3.63) is 57.8 Å². The Bertz CT molecular complexity index is 603. The second-order valence-corrected chi connectivity index (χ2v) is 4.59. The van der Waals surface area contributed by atoms with Crippen LogP contribution >= 0.6 is 23.2 Å². The van der Waals surface area contributed by atoms with E-state index in [2.05, 4.69) is 4.98 Å². The molecule has 0 unspecified atom stereocenters. The molecule has 0 radical (unpaired) electrons. The van der Waals surface area contributed by atoms with E-state index in [1.807, 2.05) is 0 Å². The minimum absolute atomic E-state index is 0.107. The van der Waals surface area contributed by atoms with E-state index < -0.39 is 5.97 Å². The van der Waals surface area contributed by atoms with Crippen LogP contribution in [0.1, 0.15) is 15.9 Å². The zero-order chi connectivity index (χ0) is 13.8. The van der Waals surface area contributed by atoms with E-state index in [9.17, 15) is 4.79 Å². The molecule has 2 aromatic rings.